The van der Waals surface area contributed by atoms with E-state index < -0.39 is 5.97 Å². The van der Waals surface area contributed by atoms with Crippen molar-refractivity contribution in [2.75, 3.05) is 26.6 Å². The fourth-order valence-corrected chi connectivity index (χ4v) is 2.88. The molecule has 0 amide bonds. The van der Waals surface area contributed by atoms with Crippen LogP contribution in [0.2, 0.25) is 0 Å². The molecule has 0 aliphatic rings. The van der Waals surface area contributed by atoms with Gasteiger partial charge in [0.25, 0.3) is 0 Å². The zero-order valence-electron chi connectivity index (χ0n) is 13.2. The Labute approximate surface area is 148 Å². The molecule has 0 radical (unpaired) electrons. The van der Waals surface area contributed by atoms with E-state index in [9.17, 15) is 9.59 Å². The van der Waals surface area contributed by atoms with Gasteiger partial charge in [0, 0.05) is 12.6 Å². The van der Waals surface area contributed by atoms with Crippen LogP contribution in [0.4, 0.5) is 5.13 Å². The minimum Gasteiger partial charge on any atom is -0.497 e. The van der Waals surface area contributed by atoms with Crippen molar-refractivity contribution in [3.63, 3.8) is 0 Å². The molecule has 2 rings (SSSR count). The molecule has 7 nitrogen and oxygen atoms in total. The third-order valence-corrected chi connectivity index (χ3v) is 4.29. The number of thiocarbonyl (C=S) groups is 1. The van der Waals surface area contributed by atoms with Gasteiger partial charge in [0.1, 0.15) is 10.6 Å². The van der Waals surface area contributed by atoms with Gasteiger partial charge < -0.3 is 20.1 Å². The molecule has 0 atom stereocenters. The van der Waals surface area contributed by atoms with E-state index in [1.807, 2.05) is 0 Å². The second-order valence-electron chi connectivity index (χ2n) is 4.45. The summed E-state index contributed by atoms with van der Waals surface area (Å²) in [6.07, 6.45) is 0. The fourth-order valence-electron chi connectivity index (χ4n) is 1.80. The summed E-state index contributed by atoms with van der Waals surface area (Å²) in [6.45, 7) is 0. The van der Waals surface area contributed by atoms with Crippen LogP contribution in [0.15, 0.2) is 24.3 Å². The topological polar surface area (TPSA) is 89.5 Å². The van der Waals surface area contributed by atoms with E-state index in [1.54, 1.807) is 31.3 Å². The number of nitrogens with zero attached hydrogens (tertiary/aromatic N) is 1. The lowest BCUT2D eigenvalue weighted by atomic mass is 10.1. The van der Waals surface area contributed by atoms with Crippen molar-refractivity contribution in [2.24, 2.45) is 0 Å². The van der Waals surface area contributed by atoms with E-state index in [2.05, 4.69) is 15.6 Å². The maximum Gasteiger partial charge on any atom is 0.358 e. The summed E-state index contributed by atoms with van der Waals surface area (Å²) in [6, 6.07) is 6.57. The molecule has 1 aromatic carbocycles. The van der Waals surface area contributed by atoms with E-state index >= 15 is 0 Å². The summed E-state index contributed by atoms with van der Waals surface area (Å²) in [5.74, 6) is -0.392. The minimum absolute atomic E-state index is 0.0512. The molecular formula is C15H15N3O4S2. The summed E-state index contributed by atoms with van der Waals surface area (Å²) < 4.78 is 9.77. The molecule has 0 spiro atoms. The molecule has 0 saturated carbocycles. The number of carbonyl (C=O) groups excluding carboxylic acids is 2. The van der Waals surface area contributed by atoms with Gasteiger partial charge in [-0.15, -0.1) is 0 Å². The maximum absolute atomic E-state index is 12.7. The van der Waals surface area contributed by atoms with Gasteiger partial charge in [0.05, 0.1) is 14.2 Å². The SMILES string of the molecule is CNC(=S)Nc1nc(C(=O)OC)c(C(=O)c2ccc(OC)cc2)s1. The number of carbonyl (C=O) groups is 2. The molecule has 24 heavy (non-hydrogen) atoms. The van der Waals surface area contributed by atoms with E-state index in [0.717, 1.165) is 11.3 Å². The lowest BCUT2D eigenvalue weighted by Gasteiger charge is -2.02. The van der Waals surface area contributed by atoms with Crippen molar-refractivity contribution in [1.82, 2.24) is 10.3 Å². The number of methoxy groups -OCH3 is 2. The number of ether oxygens (including phenoxy) is 2. The zero-order chi connectivity index (χ0) is 17.7. The molecule has 0 aliphatic carbocycles. The Kier molecular flexibility index (Phi) is 5.83. The number of anilines is 1. The third-order valence-electron chi connectivity index (χ3n) is 3.01. The average molecular weight is 365 g/mol. The molecule has 1 heterocycles. The van der Waals surface area contributed by atoms with Crippen molar-refractivity contribution < 1.29 is 19.1 Å². The summed E-state index contributed by atoms with van der Waals surface area (Å²) in [5, 5.41) is 6.18. The molecule has 2 aromatic rings. The zero-order valence-corrected chi connectivity index (χ0v) is 14.8. The number of hydrogen-bond acceptors (Lipinski definition) is 7. The average Bonchev–Trinajstić information content (AvgIpc) is 3.04. The molecule has 0 unspecified atom stereocenters. The first-order valence-electron chi connectivity index (χ1n) is 6.76. The van der Waals surface area contributed by atoms with Crippen LogP contribution in [0.1, 0.15) is 25.7 Å². The number of hydrogen-bond donors (Lipinski definition) is 2. The quantitative estimate of drug-likeness (QED) is 0.473. The predicted octanol–water partition coefficient (Wildman–Crippen LogP) is 2.09. The lowest BCUT2D eigenvalue weighted by Crippen LogP contribution is -2.24. The first kappa shape index (κ1) is 17.8. The van der Waals surface area contributed by atoms with Crippen molar-refractivity contribution in [3.8, 4) is 5.75 Å². The van der Waals surface area contributed by atoms with Crippen molar-refractivity contribution in [2.45, 2.75) is 0 Å². The van der Waals surface area contributed by atoms with Crippen molar-refractivity contribution in [3.05, 3.63) is 40.4 Å². The van der Waals surface area contributed by atoms with E-state index in [-0.39, 0.29) is 16.4 Å². The first-order chi connectivity index (χ1) is 11.5. The lowest BCUT2D eigenvalue weighted by molar-refractivity contribution is 0.0592. The summed E-state index contributed by atoms with van der Waals surface area (Å²) in [7, 11) is 4.42. The van der Waals surface area contributed by atoms with Crippen LogP contribution in [-0.4, -0.2) is 43.1 Å². The highest BCUT2D eigenvalue weighted by Crippen LogP contribution is 2.27. The van der Waals surface area contributed by atoms with E-state index in [4.69, 9.17) is 21.7 Å². The Morgan fingerprint density at radius 2 is 1.88 bits per heavy atom. The Hall–Kier alpha value is -2.52. The molecule has 0 saturated heterocycles. The van der Waals surface area contributed by atoms with Gasteiger partial charge in [-0.25, -0.2) is 9.78 Å². The van der Waals surface area contributed by atoms with Crippen LogP contribution in [0.3, 0.4) is 0 Å². The highest BCUT2D eigenvalue weighted by atomic mass is 32.1. The highest BCUT2D eigenvalue weighted by molar-refractivity contribution is 7.80. The number of nitrogens with one attached hydrogen (secondary N) is 2. The number of benzene rings is 1. The van der Waals surface area contributed by atoms with Crippen LogP contribution >= 0.6 is 23.6 Å². The number of thiazole rings is 1. The second kappa shape index (κ2) is 7.84. The molecule has 2 N–H and O–H groups in total. The van der Waals surface area contributed by atoms with E-state index in [1.165, 1.54) is 14.2 Å². The van der Waals surface area contributed by atoms with Gasteiger partial charge in [-0.05, 0) is 36.5 Å². The minimum atomic E-state index is -0.688. The summed E-state index contributed by atoms with van der Waals surface area (Å²) in [5.41, 5.74) is 0.358. The fraction of sp³-hybridized carbons (Fsp3) is 0.200. The van der Waals surface area contributed by atoms with Gasteiger partial charge >= 0.3 is 5.97 Å². The Morgan fingerprint density at radius 3 is 2.42 bits per heavy atom. The molecule has 9 heteroatoms. The standard InChI is InChI=1S/C15H15N3O4S2/c1-16-14(23)18-15-17-10(13(20)22-3)12(24-15)11(19)8-4-6-9(21-2)7-5-8/h4-7H,1-3H3,(H2,16,17,18,23). The third kappa shape index (κ3) is 3.87. The largest absolute Gasteiger partial charge is 0.497 e. The number of esters is 1. The Bertz CT molecular complexity index is 772. The van der Waals surface area contributed by atoms with Crippen molar-refractivity contribution >= 4 is 45.6 Å². The smallest absolute Gasteiger partial charge is 0.358 e. The van der Waals surface area contributed by atoms with Crippen molar-refractivity contribution in [1.29, 1.82) is 0 Å². The normalized spacial score (nSPS) is 9.96. The highest BCUT2D eigenvalue weighted by Gasteiger charge is 2.25. The molecular weight excluding hydrogens is 350 g/mol. The van der Waals surface area contributed by atoms with Crippen LogP contribution < -0.4 is 15.4 Å². The monoisotopic (exact) mass is 365 g/mol. The molecule has 0 bridgehead atoms. The first-order valence-corrected chi connectivity index (χ1v) is 7.99. The number of rotatable bonds is 5. The van der Waals surface area contributed by atoms with Gasteiger partial charge in [-0.2, -0.15) is 0 Å². The Balaban J connectivity index is 2.40. The Morgan fingerprint density at radius 1 is 1.21 bits per heavy atom. The van der Waals surface area contributed by atoms with Gasteiger partial charge in [0.2, 0.25) is 5.78 Å². The number of aromatic nitrogens is 1. The second-order valence-corrected chi connectivity index (χ2v) is 5.86. The van der Waals surface area contributed by atoms with Crippen LogP contribution in [0.25, 0.3) is 0 Å². The van der Waals surface area contributed by atoms with Gasteiger partial charge in [0.15, 0.2) is 15.9 Å². The van der Waals surface area contributed by atoms with Crippen LogP contribution in [-0.2, 0) is 4.74 Å². The molecule has 0 fully saturated rings. The van der Waals surface area contributed by atoms with Crippen LogP contribution in [0.5, 0.6) is 5.75 Å². The summed E-state index contributed by atoms with van der Waals surface area (Å²) in [4.78, 5) is 28.9. The number of ketones is 1. The van der Waals surface area contributed by atoms with Gasteiger partial charge in [-0.3, -0.25) is 4.79 Å². The molecule has 0 aliphatic heterocycles. The maximum atomic E-state index is 12.7. The predicted molar refractivity (Wildman–Crippen MR) is 95.2 cm³/mol. The molecule has 126 valence electrons. The van der Waals surface area contributed by atoms with E-state index in [0.29, 0.717) is 21.6 Å². The summed E-state index contributed by atoms with van der Waals surface area (Å²) >= 11 is 6.03. The van der Waals surface area contributed by atoms with Gasteiger partial charge in [-0.1, -0.05) is 11.3 Å². The molecule has 1 aromatic heterocycles. The van der Waals surface area contributed by atoms with Crippen LogP contribution in [0, 0.1) is 0 Å².